The lowest BCUT2D eigenvalue weighted by molar-refractivity contribution is 0.0652. The van der Waals surface area contributed by atoms with Gasteiger partial charge in [-0.15, -0.1) is 24.0 Å². The third-order valence-corrected chi connectivity index (χ3v) is 3.93. The molecule has 2 rings (SSSR count). The van der Waals surface area contributed by atoms with E-state index < -0.39 is 0 Å². The molecule has 0 aromatic heterocycles. The zero-order chi connectivity index (χ0) is 18.1. The van der Waals surface area contributed by atoms with Gasteiger partial charge in [0.1, 0.15) is 0 Å². The van der Waals surface area contributed by atoms with Gasteiger partial charge < -0.3 is 15.8 Å². The summed E-state index contributed by atoms with van der Waals surface area (Å²) in [4.78, 5) is 29.9. The van der Waals surface area contributed by atoms with Gasteiger partial charge in [-0.25, -0.2) is 0 Å². The Kier molecular flexibility index (Phi) is 10.2. The molecule has 0 spiro atoms. The number of carbonyl (C=O) groups is 2. The van der Waals surface area contributed by atoms with Crippen LogP contribution in [0, 0.1) is 0 Å². The highest BCUT2D eigenvalue weighted by Crippen LogP contribution is 2.22. The van der Waals surface area contributed by atoms with E-state index in [4.69, 9.17) is 10.5 Å². The Balaban J connectivity index is 0.00000338. The number of benzene rings is 1. The maximum absolute atomic E-state index is 12.2. The summed E-state index contributed by atoms with van der Waals surface area (Å²) in [6, 6.07) is 6.93. The molecule has 1 heterocycles. The van der Waals surface area contributed by atoms with Gasteiger partial charge in [0.25, 0.3) is 11.8 Å². The van der Waals surface area contributed by atoms with E-state index in [1.807, 2.05) is 6.92 Å². The Morgan fingerprint density at radius 2 is 1.81 bits per heavy atom. The van der Waals surface area contributed by atoms with Gasteiger partial charge in [0.05, 0.1) is 11.1 Å². The molecule has 0 unspecified atom stereocenters. The Morgan fingerprint density at radius 1 is 1.15 bits per heavy atom. The van der Waals surface area contributed by atoms with Crippen molar-refractivity contribution in [1.29, 1.82) is 0 Å². The molecule has 2 amide bonds. The van der Waals surface area contributed by atoms with Crippen molar-refractivity contribution in [3.05, 3.63) is 35.4 Å². The number of nitrogens with zero attached hydrogens (tertiary/aromatic N) is 2. The fourth-order valence-corrected chi connectivity index (χ4v) is 2.62. The van der Waals surface area contributed by atoms with Crippen molar-refractivity contribution >= 4 is 41.8 Å². The fourth-order valence-electron chi connectivity index (χ4n) is 2.62. The summed E-state index contributed by atoms with van der Waals surface area (Å²) in [5.41, 5.74) is 6.76. The van der Waals surface area contributed by atoms with Crippen molar-refractivity contribution in [2.24, 2.45) is 10.7 Å². The highest BCUT2D eigenvalue weighted by atomic mass is 127. The molecule has 7 nitrogen and oxygen atoms in total. The number of hydrogen-bond donors (Lipinski definition) is 2. The molecule has 0 fully saturated rings. The molecular formula is C18H27IN4O3. The molecule has 0 saturated carbocycles. The van der Waals surface area contributed by atoms with E-state index in [1.165, 1.54) is 4.90 Å². The molecule has 0 atom stereocenters. The normalized spacial score (nSPS) is 13.6. The maximum atomic E-state index is 12.2. The quantitative estimate of drug-likeness (QED) is 0.178. The van der Waals surface area contributed by atoms with E-state index in [-0.39, 0.29) is 35.8 Å². The number of fused-ring (bicyclic) bond motifs is 1. The second-order valence-corrected chi connectivity index (χ2v) is 5.76. The van der Waals surface area contributed by atoms with Crippen molar-refractivity contribution < 1.29 is 14.3 Å². The third-order valence-electron chi connectivity index (χ3n) is 3.93. The van der Waals surface area contributed by atoms with Crippen molar-refractivity contribution in [2.75, 3.05) is 32.8 Å². The standard InChI is InChI=1S/C18H26N4O3.HI/c1-2-25-13-7-11-21-18(19)20-10-5-6-12-22-16(23)14-8-3-4-9-15(14)17(22)24;/h3-4,8-9H,2,5-7,10-13H2,1H3,(H3,19,20,21);1H. The van der Waals surface area contributed by atoms with Crippen LogP contribution in [0.15, 0.2) is 29.3 Å². The number of halogens is 1. The number of unbranched alkanes of at least 4 members (excludes halogenated alkanes) is 1. The number of nitrogens with two attached hydrogens (primary N) is 1. The summed E-state index contributed by atoms with van der Waals surface area (Å²) in [5.74, 6) is 0.00472. The minimum absolute atomic E-state index is 0. The second kappa shape index (κ2) is 11.8. The first-order valence-electron chi connectivity index (χ1n) is 8.72. The van der Waals surface area contributed by atoms with Crippen molar-refractivity contribution in [1.82, 2.24) is 10.2 Å². The van der Waals surface area contributed by atoms with Gasteiger partial charge >= 0.3 is 0 Å². The Bertz CT molecular complexity index is 602. The van der Waals surface area contributed by atoms with Gasteiger partial charge in [-0.1, -0.05) is 12.1 Å². The number of imide groups is 1. The molecule has 8 heteroatoms. The summed E-state index contributed by atoms with van der Waals surface area (Å²) < 4.78 is 5.23. The third kappa shape index (κ3) is 6.24. The monoisotopic (exact) mass is 474 g/mol. The van der Waals surface area contributed by atoms with Crippen LogP contribution in [-0.2, 0) is 4.74 Å². The molecule has 144 valence electrons. The average molecular weight is 474 g/mol. The van der Waals surface area contributed by atoms with E-state index >= 15 is 0 Å². The van der Waals surface area contributed by atoms with Crippen LogP contribution in [0.25, 0.3) is 0 Å². The summed E-state index contributed by atoms with van der Waals surface area (Å²) >= 11 is 0. The molecule has 1 aromatic rings. The van der Waals surface area contributed by atoms with E-state index in [1.54, 1.807) is 24.3 Å². The Labute approximate surface area is 171 Å². The van der Waals surface area contributed by atoms with E-state index in [2.05, 4.69) is 10.3 Å². The number of nitrogens with one attached hydrogen (secondary N) is 1. The maximum Gasteiger partial charge on any atom is 0.261 e. The van der Waals surface area contributed by atoms with Crippen molar-refractivity contribution in [3.8, 4) is 0 Å². The molecule has 1 aromatic carbocycles. The van der Waals surface area contributed by atoms with Crippen LogP contribution in [0.4, 0.5) is 0 Å². The van der Waals surface area contributed by atoms with Crippen LogP contribution in [0.1, 0.15) is 46.9 Å². The van der Waals surface area contributed by atoms with Gasteiger partial charge in [0.15, 0.2) is 5.96 Å². The van der Waals surface area contributed by atoms with Gasteiger partial charge in [-0.2, -0.15) is 0 Å². The number of rotatable bonds is 10. The number of amides is 2. The number of ether oxygens (including phenoxy) is 1. The van der Waals surface area contributed by atoms with E-state index in [9.17, 15) is 9.59 Å². The fraction of sp³-hybridized carbons (Fsp3) is 0.500. The molecule has 0 bridgehead atoms. The van der Waals surface area contributed by atoms with Crippen LogP contribution < -0.4 is 11.1 Å². The first-order valence-corrected chi connectivity index (χ1v) is 8.72. The highest BCUT2D eigenvalue weighted by molar-refractivity contribution is 14.0. The second-order valence-electron chi connectivity index (χ2n) is 5.76. The molecule has 1 aliphatic heterocycles. The topological polar surface area (TPSA) is 97.0 Å². The molecular weight excluding hydrogens is 447 g/mol. The van der Waals surface area contributed by atoms with E-state index in [0.29, 0.717) is 49.9 Å². The number of hydrogen-bond acceptors (Lipinski definition) is 4. The van der Waals surface area contributed by atoms with Gasteiger partial charge in [-0.05, 0) is 38.3 Å². The minimum Gasteiger partial charge on any atom is -0.382 e. The zero-order valence-corrected chi connectivity index (χ0v) is 17.4. The lowest BCUT2D eigenvalue weighted by Crippen LogP contribution is -2.34. The zero-order valence-electron chi connectivity index (χ0n) is 15.1. The largest absolute Gasteiger partial charge is 0.382 e. The molecule has 1 aliphatic rings. The summed E-state index contributed by atoms with van der Waals surface area (Å²) in [6.07, 6.45) is 2.36. The summed E-state index contributed by atoms with van der Waals surface area (Å²) in [5, 5.41) is 3.04. The van der Waals surface area contributed by atoms with Gasteiger partial charge in [-0.3, -0.25) is 19.5 Å². The predicted octanol–water partition coefficient (Wildman–Crippen LogP) is 2.01. The molecule has 0 saturated heterocycles. The van der Waals surface area contributed by atoms with Crippen molar-refractivity contribution in [3.63, 3.8) is 0 Å². The summed E-state index contributed by atoms with van der Waals surface area (Å²) in [7, 11) is 0. The van der Waals surface area contributed by atoms with Crippen LogP contribution >= 0.6 is 24.0 Å². The highest BCUT2D eigenvalue weighted by Gasteiger charge is 2.34. The SMILES string of the molecule is CCOCCCN=C(N)NCCCCN1C(=O)c2ccccc2C1=O.I. The lowest BCUT2D eigenvalue weighted by atomic mass is 10.1. The lowest BCUT2D eigenvalue weighted by Gasteiger charge is -2.13. The summed E-state index contributed by atoms with van der Waals surface area (Å²) in [6.45, 7) is 5.07. The van der Waals surface area contributed by atoms with Crippen LogP contribution in [0.2, 0.25) is 0 Å². The smallest absolute Gasteiger partial charge is 0.261 e. The molecule has 0 aliphatic carbocycles. The van der Waals surface area contributed by atoms with Crippen LogP contribution in [0.3, 0.4) is 0 Å². The predicted molar refractivity (Wildman–Crippen MR) is 112 cm³/mol. The molecule has 0 radical (unpaired) electrons. The number of carbonyl (C=O) groups excluding carboxylic acids is 2. The first-order chi connectivity index (χ1) is 12.1. The molecule has 26 heavy (non-hydrogen) atoms. The van der Waals surface area contributed by atoms with Crippen molar-refractivity contribution in [2.45, 2.75) is 26.2 Å². The van der Waals surface area contributed by atoms with Crippen LogP contribution in [-0.4, -0.2) is 55.5 Å². The first kappa shape index (κ1) is 22.4. The minimum atomic E-state index is -0.205. The Hall–Kier alpha value is -1.68. The number of guanidine groups is 1. The van der Waals surface area contributed by atoms with E-state index in [0.717, 1.165) is 19.3 Å². The van der Waals surface area contributed by atoms with Gasteiger partial charge in [0, 0.05) is 32.8 Å². The molecule has 3 N–H and O–H groups in total. The Morgan fingerprint density at radius 3 is 2.42 bits per heavy atom. The average Bonchev–Trinajstić information content (AvgIpc) is 2.86. The number of aliphatic imine (C=N–C) groups is 1. The van der Waals surface area contributed by atoms with Crippen LogP contribution in [0.5, 0.6) is 0 Å². The van der Waals surface area contributed by atoms with Gasteiger partial charge in [0.2, 0.25) is 0 Å².